The van der Waals surface area contributed by atoms with Gasteiger partial charge in [-0.3, -0.25) is 4.79 Å². The van der Waals surface area contributed by atoms with Crippen LogP contribution in [0.1, 0.15) is 37.0 Å². The molecule has 112 valence electrons. The third-order valence-corrected chi connectivity index (χ3v) is 4.27. The van der Waals surface area contributed by atoms with Crippen molar-refractivity contribution in [2.24, 2.45) is 5.92 Å². The van der Waals surface area contributed by atoms with Crippen LogP contribution in [0.15, 0.2) is 16.6 Å². The molecular formula is C15H21BrO4. The van der Waals surface area contributed by atoms with Crippen LogP contribution < -0.4 is 9.47 Å². The first-order chi connectivity index (χ1) is 9.51. The number of aliphatic hydroxyl groups excluding tert-OH is 1. The van der Waals surface area contributed by atoms with Crippen molar-refractivity contribution in [2.45, 2.75) is 32.8 Å². The van der Waals surface area contributed by atoms with Gasteiger partial charge in [-0.25, -0.2) is 0 Å². The van der Waals surface area contributed by atoms with Crippen molar-refractivity contribution < 1.29 is 19.4 Å². The fourth-order valence-corrected chi connectivity index (χ4v) is 2.87. The maximum absolute atomic E-state index is 12.4. The van der Waals surface area contributed by atoms with E-state index in [9.17, 15) is 9.90 Å². The van der Waals surface area contributed by atoms with E-state index >= 15 is 0 Å². The number of ether oxygens (including phenoxy) is 2. The van der Waals surface area contributed by atoms with Crippen molar-refractivity contribution in [3.05, 3.63) is 22.2 Å². The number of methoxy groups -OCH3 is 2. The third kappa shape index (κ3) is 3.33. The highest BCUT2D eigenvalue weighted by molar-refractivity contribution is 9.10. The van der Waals surface area contributed by atoms with E-state index in [1.807, 2.05) is 13.8 Å². The van der Waals surface area contributed by atoms with Gasteiger partial charge >= 0.3 is 0 Å². The summed E-state index contributed by atoms with van der Waals surface area (Å²) in [6, 6.07) is 3.30. The number of carbonyl (C=O) groups excluding carboxylic acids is 1. The summed E-state index contributed by atoms with van der Waals surface area (Å²) >= 11 is 3.36. The quantitative estimate of drug-likeness (QED) is 0.769. The Morgan fingerprint density at radius 3 is 2.30 bits per heavy atom. The molecule has 5 heteroatoms. The van der Waals surface area contributed by atoms with Gasteiger partial charge in [-0.05, 0) is 34.0 Å². The number of carbonyl (C=O) groups is 1. The number of halogens is 1. The average Bonchev–Trinajstić information content (AvgIpc) is 2.47. The van der Waals surface area contributed by atoms with Crippen LogP contribution in [0.4, 0.5) is 0 Å². The van der Waals surface area contributed by atoms with Gasteiger partial charge in [0.25, 0.3) is 0 Å². The minimum atomic E-state index is -1.01. The Morgan fingerprint density at radius 1 is 1.25 bits per heavy atom. The Kier molecular flexibility index (Phi) is 6.49. The summed E-state index contributed by atoms with van der Waals surface area (Å²) < 4.78 is 11.0. The lowest BCUT2D eigenvalue weighted by molar-refractivity contribution is 0.0585. The monoisotopic (exact) mass is 344 g/mol. The normalized spacial score (nSPS) is 12.3. The number of aliphatic hydroxyl groups is 1. The highest BCUT2D eigenvalue weighted by atomic mass is 79.9. The molecule has 0 spiro atoms. The Balaban J connectivity index is 3.19. The molecule has 1 unspecified atom stereocenters. The number of Topliss-reactive ketones (excluding diaryl/α,β-unsaturated/α-hetero) is 1. The zero-order valence-electron chi connectivity index (χ0n) is 12.3. The number of rotatable bonds is 7. The predicted molar refractivity (Wildman–Crippen MR) is 81.7 cm³/mol. The lowest BCUT2D eigenvalue weighted by atomic mass is 9.90. The van der Waals surface area contributed by atoms with Crippen molar-refractivity contribution >= 4 is 21.7 Å². The largest absolute Gasteiger partial charge is 0.495 e. The molecule has 20 heavy (non-hydrogen) atoms. The minimum absolute atomic E-state index is 0.0481. The number of ketones is 1. The van der Waals surface area contributed by atoms with E-state index < -0.39 is 6.10 Å². The summed E-state index contributed by atoms with van der Waals surface area (Å²) in [6.07, 6.45) is 0.491. The second kappa shape index (κ2) is 7.64. The molecule has 0 aliphatic rings. The van der Waals surface area contributed by atoms with Crippen LogP contribution in [0.25, 0.3) is 0 Å². The first-order valence-corrected chi connectivity index (χ1v) is 7.43. The van der Waals surface area contributed by atoms with E-state index in [1.54, 1.807) is 19.2 Å². The number of hydrogen-bond donors (Lipinski definition) is 1. The molecule has 0 saturated carbocycles. The van der Waals surface area contributed by atoms with Crippen molar-refractivity contribution in [1.82, 2.24) is 0 Å². The highest BCUT2D eigenvalue weighted by Gasteiger charge is 2.28. The van der Waals surface area contributed by atoms with Crippen LogP contribution in [0.5, 0.6) is 11.5 Å². The fourth-order valence-electron chi connectivity index (χ4n) is 2.20. The Hall–Kier alpha value is -1.07. The van der Waals surface area contributed by atoms with Gasteiger partial charge in [0.15, 0.2) is 5.78 Å². The van der Waals surface area contributed by atoms with E-state index in [2.05, 4.69) is 15.9 Å². The first kappa shape index (κ1) is 17.0. The SMILES string of the molecule is CCC(CC)C(O)C(=O)c1ccc(OC)c(Br)c1OC. The van der Waals surface area contributed by atoms with Gasteiger partial charge in [0.1, 0.15) is 22.1 Å². The zero-order valence-corrected chi connectivity index (χ0v) is 13.9. The molecule has 1 aromatic rings. The lowest BCUT2D eigenvalue weighted by Gasteiger charge is -2.20. The Morgan fingerprint density at radius 2 is 1.85 bits per heavy atom. The summed E-state index contributed by atoms with van der Waals surface area (Å²) in [7, 11) is 3.03. The average molecular weight is 345 g/mol. The van der Waals surface area contributed by atoms with Gasteiger partial charge in [0.05, 0.1) is 19.8 Å². The smallest absolute Gasteiger partial charge is 0.195 e. The van der Waals surface area contributed by atoms with Crippen LogP contribution in [0.3, 0.4) is 0 Å². The third-order valence-electron chi connectivity index (χ3n) is 3.52. The van der Waals surface area contributed by atoms with Gasteiger partial charge in [0.2, 0.25) is 0 Å². The maximum atomic E-state index is 12.4. The van der Waals surface area contributed by atoms with E-state index in [0.717, 1.165) is 12.8 Å². The molecule has 0 saturated heterocycles. The van der Waals surface area contributed by atoms with Crippen LogP contribution in [0.2, 0.25) is 0 Å². The second-order valence-electron chi connectivity index (χ2n) is 4.55. The van der Waals surface area contributed by atoms with Crippen molar-refractivity contribution in [1.29, 1.82) is 0 Å². The van der Waals surface area contributed by atoms with E-state index in [0.29, 0.717) is 21.5 Å². The molecular weight excluding hydrogens is 324 g/mol. The van der Waals surface area contributed by atoms with Crippen molar-refractivity contribution in [2.75, 3.05) is 14.2 Å². The maximum Gasteiger partial charge on any atom is 0.195 e. The minimum Gasteiger partial charge on any atom is -0.495 e. The van der Waals surface area contributed by atoms with Crippen molar-refractivity contribution in [3.63, 3.8) is 0 Å². The second-order valence-corrected chi connectivity index (χ2v) is 5.34. The Labute approximate surface area is 128 Å². The first-order valence-electron chi connectivity index (χ1n) is 6.64. The van der Waals surface area contributed by atoms with E-state index in [4.69, 9.17) is 9.47 Å². The molecule has 0 aliphatic carbocycles. The standard InChI is InChI=1S/C15H21BrO4/c1-5-9(6-2)13(17)14(18)10-7-8-11(19-3)12(16)15(10)20-4/h7-9,13,17H,5-6H2,1-4H3. The summed E-state index contributed by atoms with van der Waals surface area (Å²) in [5.74, 6) is 0.599. The zero-order chi connectivity index (χ0) is 15.3. The lowest BCUT2D eigenvalue weighted by Crippen LogP contribution is -2.29. The van der Waals surface area contributed by atoms with E-state index in [-0.39, 0.29) is 11.7 Å². The van der Waals surface area contributed by atoms with Crippen LogP contribution >= 0.6 is 15.9 Å². The molecule has 1 N–H and O–H groups in total. The van der Waals surface area contributed by atoms with E-state index in [1.165, 1.54) is 7.11 Å². The molecule has 0 fully saturated rings. The van der Waals surface area contributed by atoms with Crippen LogP contribution in [-0.2, 0) is 0 Å². The van der Waals surface area contributed by atoms with Crippen molar-refractivity contribution in [3.8, 4) is 11.5 Å². The molecule has 0 amide bonds. The number of hydrogen-bond acceptors (Lipinski definition) is 4. The van der Waals surface area contributed by atoms with Crippen LogP contribution in [0, 0.1) is 5.92 Å². The predicted octanol–water partition coefficient (Wildman–Crippen LogP) is 3.45. The Bertz CT molecular complexity index is 469. The van der Waals surface area contributed by atoms with Gasteiger partial charge in [-0.1, -0.05) is 26.7 Å². The van der Waals surface area contributed by atoms with Gasteiger partial charge in [-0.15, -0.1) is 0 Å². The molecule has 0 radical (unpaired) electrons. The molecule has 1 atom stereocenters. The van der Waals surface area contributed by atoms with Gasteiger partial charge in [-0.2, -0.15) is 0 Å². The molecule has 0 aliphatic heterocycles. The fraction of sp³-hybridized carbons (Fsp3) is 0.533. The molecule has 1 rings (SSSR count). The van der Waals surface area contributed by atoms with Crippen LogP contribution in [-0.4, -0.2) is 31.2 Å². The molecule has 4 nitrogen and oxygen atoms in total. The van der Waals surface area contributed by atoms with Gasteiger partial charge in [0, 0.05) is 0 Å². The highest BCUT2D eigenvalue weighted by Crippen LogP contribution is 2.38. The summed E-state index contributed by atoms with van der Waals surface area (Å²) in [5, 5.41) is 10.2. The summed E-state index contributed by atoms with van der Waals surface area (Å²) in [5.41, 5.74) is 0.361. The summed E-state index contributed by atoms with van der Waals surface area (Å²) in [6.45, 7) is 3.93. The topological polar surface area (TPSA) is 55.8 Å². The molecule has 1 aromatic carbocycles. The summed E-state index contributed by atoms with van der Waals surface area (Å²) in [4.78, 5) is 12.4. The van der Waals surface area contributed by atoms with Gasteiger partial charge < -0.3 is 14.6 Å². The number of benzene rings is 1. The molecule has 0 aromatic heterocycles. The molecule has 0 heterocycles. The molecule has 0 bridgehead atoms.